The molecule has 4 rings (SSSR count). The van der Waals surface area contributed by atoms with Crippen LogP contribution >= 0.6 is 0 Å². The van der Waals surface area contributed by atoms with Gasteiger partial charge in [0.2, 0.25) is 0 Å². The summed E-state index contributed by atoms with van der Waals surface area (Å²) in [6.45, 7) is 0.557. The summed E-state index contributed by atoms with van der Waals surface area (Å²) < 4.78 is 8.06. The molecular weight excluding hydrogens is 378 g/mol. The summed E-state index contributed by atoms with van der Waals surface area (Å²) in [5.74, 6) is 0.879. The normalized spacial score (nSPS) is 10.9. The van der Waals surface area contributed by atoms with E-state index < -0.39 is 5.97 Å². The lowest BCUT2D eigenvalue weighted by molar-refractivity contribution is -0.137. The lowest BCUT2D eigenvalue weighted by atomic mass is 10.2. The highest BCUT2D eigenvalue weighted by molar-refractivity contribution is 5.84. The number of hydrogen-bond acceptors (Lipinski definition) is 4. The van der Waals surface area contributed by atoms with Crippen LogP contribution in [-0.2, 0) is 4.79 Å². The molecule has 2 aromatic heterocycles. The van der Waals surface area contributed by atoms with Crippen molar-refractivity contribution in [1.82, 2.24) is 14.5 Å². The van der Waals surface area contributed by atoms with Crippen molar-refractivity contribution >= 4 is 17.0 Å². The van der Waals surface area contributed by atoms with Crippen LogP contribution in [0.1, 0.15) is 25.7 Å². The van der Waals surface area contributed by atoms with E-state index in [1.165, 1.54) is 0 Å². The predicted molar refractivity (Wildman–Crippen MR) is 116 cm³/mol. The molecule has 0 aliphatic carbocycles. The van der Waals surface area contributed by atoms with Crippen molar-refractivity contribution in [3.63, 3.8) is 0 Å². The van der Waals surface area contributed by atoms with Gasteiger partial charge in [0.1, 0.15) is 11.6 Å². The van der Waals surface area contributed by atoms with Gasteiger partial charge in [-0.3, -0.25) is 14.3 Å². The van der Waals surface area contributed by atoms with Crippen LogP contribution in [0.3, 0.4) is 0 Å². The molecule has 0 fully saturated rings. The fraction of sp³-hybridized carbons (Fsp3) is 0.208. The van der Waals surface area contributed by atoms with Crippen molar-refractivity contribution in [3.8, 4) is 22.8 Å². The monoisotopic (exact) mass is 401 g/mol. The van der Waals surface area contributed by atoms with E-state index in [1.807, 2.05) is 48.5 Å². The van der Waals surface area contributed by atoms with Crippen LogP contribution in [0.25, 0.3) is 28.1 Å². The number of para-hydroxylation sites is 1. The van der Waals surface area contributed by atoms with Gasteiger partial charge in [-0.15, -0.1) is 0 Å². The Labute approximate surface area is 174 Å². The number of benzene rings is 2. The molecule has 0 atom stereocenters. The molecule has 0 radical (unpaired) electrons. The predicted octanol–water partition coefficient (Wildman–Crippen LogP) is 5.11. The maximum atomic E-state index is 10.6. The van der Waals surface area contributed by atoms with Crippen molar-refractivity contribution < 1.29 is 14.6 Å². The molecule has 6 heteroatoms. The number of rotatable bonds is 9. The number of pyridine rings is 1. The van der Waals surface area contributed by atoms with Gasteiger partial charge >= 0.3 is 5.97 Å². The standard InChI is InChI=1S/C24H23N3O3/c28-23(29)9-5-2-6-16-30-20-10-11-21-22(17-20)27(19-7-3-1-4-8-19)24(26-21)18-12-14-25-15-13-18/h1,3-4,7-8,10-15,17H,2,5-6,9,16H2,(H,28,29). The van der Waals surface area contributed by atoms with Crippen molar-refractivity contribution in [2.24, 2.45) is 0 Å². The Morgan fingerprint density at radius 2 is 1.77 bits per heavy atom. The molecule has 0 aliphatic rings. The maximum absolute atomic E-state index is 10.6. The lowest BCUT2D eigenvalue weighted by Crippen LogP contribution is -2.00. The SMILES string of the molecule is O=C(O)CCCCCOc1ccc2nc(-c3ccncc3)n(-c3ccccc3)c2c1. The minimum Gasteiger partial charge on any atom is -0.494 e. The van der Waals surface area contributed by atoms with Crippen LogP contribution < -0.4 is 4.74 Å². The Bertz CT molecular complexity index is 1120. The molecule has 152 valence electrons. The zero-order chi connectivity index (χ0) is 20.8. The Balaban J connectivity index is 1.62. The Morgan fingerprint density at radius 1 is 0.967 bits per heavy atom. The number of aliphatic carboxylic acids is 1. The van der Waals surface area contributed by atoms with E-state index in [0.717, 1.165) is 46.7 Å². The highest BCUT2D eigenvalue weighted by Crippen LogP contribution is 2.30. The highest BCUT2D eigenvalue weighted by atomic mass is 16.5. The van der Waals surface area contributed by atoms with E-state index in [9.17, 15) is 4.79 Å². The molecule has 0 saturated heterocycles. The fourth-order valence-electron chi connectivity index (χ4n) is 3.42. The zero-order valence-electron chi connectivity index (χ0n) is 16.6. The quantitative estimate of drug-likeness (QED) is 0.394. The van der Waals surface area contributed by atoms with Crippen molar-refractivity contribution in [2.75, 3.05) is 6.61 Å². The average molecular weight is 401 g/mol. The summed E-state index contributed by atoms with van der Waals surface area (Å²) in [4.78, 5) is 19.6. The van der Waals surface area contributed by atoms with Crippen LogP contribution in [0.4, 0.5) is 0 Å². The molecule has 1 N–H and O–H groups in total. The third-order valence-corrected chi connectivity index (χ3v) is 4.88. The number of carboxylic acid groups (broad SMARTS) is 1. The first-order valence-electron chi connectivity index (χ1n) is 10.1. The third kappa shape index (κ3) is 4.49. The molecule has 0 amide bonds. The van der Waals surface area contributed by atoms with Crippen LogP contribution in [0, 0.1) is 0 Å². The fourth-order valence-corrected chi connectivity index (χ4v) is 3.42. The molecule has 30 heavy (non-hydrogen) atoms. The summed E-state index contributed by atoms with van der Waals surface area (Å²) in [6, 6.07) is 19.9. The second kappa shape index (κ2) is 9.22. The molecule has 4 aromatic rings. The van der Waals surface area contributed by atoms with E-state index >= 15 is 0 Å². The molecule has 0 spiro atoms. The lowest BCUT2D eigenvalue weighted by Gasteiger charge is -2.10. The van der Waals surface area contributed by atoms with Gasteiger partial charge in [-0.25, -0.2) is 4.98 Å². The first-order chi connectivity index (χ1) is 14.7. The topological polar surface area (TPSA) is 77.2 Å². The molecule has 0 aliphatic heterocycles. The van der Waals surface area contributed by atoms with E-state index in [2.05, 4.69) is 21.7 Å². The average Bonchev–Trinajstić information content (AvgIpc) is 3.16. The summed E-state index contributed by atoms with van der Waals surface area (Å²) in [5, 5.41) is 8.71. The largest absolute Gasteiger partial charge is 0.494 e. The van der Waals surface area contributed by atoms with Crippen LogP contribution in [-0.4, -0.2) is 32.2 Å². The van der Waals surface area contributed by atoms with Gasteiger partial charge in [0.25, 0.3) is 0 Å². The van der Waals surface area contributed by atoms with Gasteiger partial charge in [0.05, 0.1) is 17.6 Å². The van der Waals surface area contributed by atoms with Gasteiger partial charge in [-0.05, 0) is 55.7 Å². The maximum Gasteiger partial charge on any atom is 0.303 e. The molecule has 0 saturated carbocycles. The minimum atomic E-state index is -0.749. The van der Waals surface area contributed by atoms with E-state index in [1.54, 1.807) is 12.4 Å². The second-order valence-electron chi connectivity index (χ2n) is 7.05. The van der Waals surface area contributed by atoms with Crippen molar-refractivity contribution in [1.29, 1.82) is 0 Å². The number of imidazole rings is 1. The number of hydrogen-bond donors (Lipinski definition) is 1. The number of ether oxygens (including phenoxy) is 1. The van der Waals surface area contributed by atoms with Gasteiger partial charge in [-0.1, -0.05) is 18.2 Å². The summed E-state index contributed by atoms with van der Waals surface area (Å²) in [5.41, 5.74) is 3.87. The van der Waals surface area contributed by atoms with Crippen LogP contribution in [0.5, 0.6) is 5.75 Å². The molecule has 2 aromatic carbocycles. The first kappa shape index (κ1) is 19.6. The number of carboxylic acids is 1. The van der Waals surface area contributed by atoms with Crippen molar-refractivity contribution in [2.45, 2.75) is 25.7 Å². The number of fused-ring (bicyclic) bond motifs is 1. The molecule has 0 unspecified atom stereocenters. The first-order valence-corrected chi connectivity index (χ1v) is 10.1. The van der Waals surface area contributed by atoms with E-state index in [4.69, 9.17) is 14.8 Å². The molecule has 0 bridgehead atoms. The Morgan fingerprint density at radius 3 is 2.53 bits per heavy atom. The molecule has 6 nitrogen and oxygen atoms in total. The van der Waals surface area contributed by atoms with Crippen molar-refractivity contribution in [3.05, 3.63) is 73.1 Å². The van der Waals surface area contributed by atoms with E-state index in [0.29, 0.717) is 13.0 Å². The Hall–Kier alpha value is -3.67. The van der Waals surface area contributed by atoms with Gasteiger partial charge < -0.3 is 9.84 Å². The summed E-state index contributed by atoms with van der Waals surface area (Å²) in [7, 11) is 0. The molecular formula is C24H23N3O3. The smallest absolute Gasteiger partial charge is 0.303 e. The highest BCUT2D eigenvalue weighted by Gasteiger charge is 2.15. The zero-order valence-corrected chi connectivity index (χ0v) is 16.6. The number of nitrogens with zero attached hydrogens (tertiary/aromatic N) is 3. The minimum absolute atomic E-state index is 0.208. The summed E-state index contributed by atoms with van der Waals surface area (Å²) >= 11 is 0. The van der Waals surface area contributed by atoms with Crippen LogP contribution in [0.15, 0.2) is 73.1 Å². The van der Waals surface area contributed by atoms with Gasteiger partial charge in [-0.2, -0.15) is 0 Å². The number of aromatic nitrogens is 3. The Kier molecular flexibility index (Phi) is 6.03. The van der Waals surface area contributed by atoms with Gasteiger partial charge in [0, 0.05) is 36.1 Å². The van der Waals surface area contributed by atoms with Crippen LogP contribution in [0.2, 0.25) is 0 Å². The number of carbonyl (C=O) groups is 1. The summed E-state index contributed by atoms with van der Waals surface area (Å²) in [6.07, 6.45) is 6.08. The van der Waals surface area contributed by atoms with E-state index in [-0.39, 0.29) is 6.42 Å². The number of unbranched alkanes of at least 4 members (excludes halogenated alkanes) is 2. The molecule has 2 heterocycles. The second-order valence-corrected chi connectivity index (χ2v) is 7.05. The third-order valence-electron chi connectivity index (χ3n) is 4.88. The van der Waals surface area contributed by atoms with Gasteiger partial charge in [0.15, 0.2) is 0 Å².